The van der Waals surface area contributed by atoms with Crippen molar-refractivity contribution in [1.29, 1.82) is 0 Å². The van der Waals surface area contributed by atoms with Gasteiger partial charge in [-0.2, -0.15) is 0 Å². The van der Waals surface area contributed by atoms with Gasteiger partial charge < -0.3 is 9.47 Å². The number of rotatable bonds is 12. The highest BCUT2D eigenvalue weighted by Crippen LogP contribution is 2.38. The monoisotopic (exact) mass is 670 g/mol. The lowest BCUT2D eigenvalue weighted by atomic mass is 9.83. The van der Waals surface area contributed by atoms with Crippen molar-refractivity contribution in [2.75, 3.05) is 0 Å². The lowest BCUT2D eigenvalue weighted by molar-refractivity contribution is -0.135. The maximum atomic E-state index is 14.5. The molecule has 4 amide bonds. The Balaban J connectivity index is 1.28. The van der Waals surface area contributed by atoms with E-state index in [4.69, 9.17) is 9.47 Å². The number of hydrogen-bond acceptors (Lipinski definition) is 6. The van der Waals surface area contributed by atoms with Gasteiger partial charge in [-0.15, -0.1) is 0 Å². The Morgan fingerprint density at radius 3 is 1.54 bits per heavy atom. The van der Waals surface area contributed by atoms with Gasteiger partial charge in [0.2, 0.25) is 11.8 Å². The molecule has 0 saturated carbocycles. The minimum Gasteiger partial charge on any atom is -0.439 e. The molecule has 4 aromatic carbocycles. The van der Waals surface area contributed by atoms with Gasteiger partial charge in [0.15, 0.2) is 0 Å². The first-order chi connectivity index (χ1) is 24.2. The van der Waals surface area contributed by atoms with E-state index in [9.17, 15) is 19.2 Å². The van der Waals surface area contributed by atoms with Gasteiger partial charge in [0.25, 0.3) is 0 Å². The lowest BCUT2D eigenvalue weighted by Crippen LogP contribution is -2.44. The molecule has 4 aromatic rings. The molecule has 0 aromatic heterocycles. The Labute approximate surface area is 293 Å². The van der Waals surface area contributed by atoms with Crippen molar-refractivity contribution in [2.45, 2.75) is 63.8 Å². The number of benzene rings is 4. The second-order valence-corrected chi connectivity index (χ2v) is 13.2. The summed E-state index contributed by atoms with van der Waals surface area (Å²) in [6, 6.07) is 37.0. The Morgan fingerprint density at radius 2 is 1.06 bits per heavy atom. The van der Waals surface area contributed by atoms with E-state index >= 15 is 0 Å². The minimum absolute atomic E-state index is 0.130. The van der Waals surface area contributed by atoms with Crippen LogP contribution in [0.2, 0.25) is 0 Å². The van der Waals surface area contributed by atoms with Crippen molar-refractivity contribution in [3.8, 4) is 0 Å². The molecule has 256 valence electrons. The summed E-state index contributed by atoms with van der Waals surface area (Å²) in [6.45, 7) is 8.01. The zero-order chi connectivity index (χ0) is 35.2. The predicted molar refractivity (Wildman–Crippen MR) is 190 cm³/mol. The molecule has 0 aliphatic carbocycles. The van der Waals surface area contributed by atoms with Crippen molar-refractivity contribution in [3.63, 3.8) is 0 Å². The fourth-order valence-electron chi connectivity index (χ4n) is 7.12. The predicted octanol–water partition coefficient (Wildman–Crippen LogP) is 8.26. The number of nitrogens with zero attached hydrogens (tertiary/aromatic N) is 2. The largest absolute Gasteiger partial charge is 0.439 e. The van der Waals surface area contributed by atoms with Crippen molar-refractivity contribution in [1.82, 2.24) is 9.80 Å². The van der Waals surface area contributed by atoms with Crippen LogP contribution in [0.1, 0.15) is 61.2 Å². The van der Waals surface area contributed by atoms with Crippen LogP contribution in [-0.4, -0.2) is 45.9 Å². The highest BCUT2D eigenvalue weighted by molar-refractivity contribution is 5.97. The van der Waals surface area contributed by atoms with Crippen LogP contribution < -0.4 is 0 Å². The summed E-state index contributed by atoms with van der Waals surface area (Å²) < 4.78 is 11.5. The summed E-state index contributed by atoms with van der Waals surface area (Å²) in [6.07, 6.45) is -1.23. The molecule has 0 radical (unpaired) electrons. The van der Waals surface area contributed by atoms with Gasteiger partial charge in [-0.3, -0.25) is 9.59 Å². The van der Waals surface area contributed by atoms with Gasteiger partial charge in [0, 0.05) is 5.92 Å². The molecule has 2 aliphatic rings. The second-order valence-electron chi connectivity index (χ2n) is 13.2. The van der Waals surface area contributed by atoms with Crippen LogP contribution in [0.5, 0.6) is 0 Å². The summed E-state index contributed by atoms with van der Waals surface area (Å²) in [5, 5.41) is 0. The maximum Gasteiger partial charge on any atom is 0.417 e. The number of cyclic esters (lactones) is 2. The van der Waals surface area contributed by atoms with Crippen LogP contribution in [-0.2, 0) is 31.9 Å². The van der Waals surface area contributed by atoms with Gasteiger partial charge in [-0.05, 0) is 61.8 Å². The van der Waals surface area contributed by atoms with Crippen molar-refractivity contribution >= 4 is 24.0 Å². The smallest absolute Gasteiger partial charge is 0.417 e. The Hall–Kier alpha value is -5.50. The van der Waals surface area contributed by atoms with E-state index in [1.54, 1.807) is 0 Å². The summed E-state index contributed by atoms with van der Waals surface area (Å²) >= 11 is 0. The Kier molecular flexibility index (Phi) is 10.6. The van der Waals surface area contributed by atoms with E-state index in [-0.39, 0.29) is 6.42 Å². The zero-order valence-electron chi connectivity index (χ0n) is 28.4. The quantitative estimate of drug-likeness (QED) is 0.141. The van der Waals surface area contributed by atoms with E-state index in [0.29, 0.717) is 24.8 Å². The van der Waals surface area contributed by atoms with E-state index in [0.717, 1.165) is 22.3 Å². The molecule has 6 atom stereocenters. The van der Waals surface area contributed by atoms with E-state index in [1.807, 2.05) is 135 Å². The number of ether oxygens (including phenoxy) is 2. The third-order valence-electron chi connectivity index (χ3n) is 9.81. The highest BCUT2D eigenvalue weighted by Gasteiger charge is 2.48. The first kappa shape index (κ1) is 34.4. The number of amides is 4. The lowest BCUT2D eigenvalue weighted by Gasteiger charge is -2.29. The van der Waals surface area contributed by atoms with Crippen LogP contribution in [0.15, 0.2) is 133 Å². The van der Waals surface area contributed by atoms with E-state index < -0.39 is 60.1 Å². The topological polar surface area (TPSA) is 93.2 Å². The van der Waals surface area contributed by atoms with E-state index in [2.05, 4.69) is 6.58 Å². The standard InChI is InChI=1S/C42H42N2O6/c1-28(26-35(27-32-18-10-5-11-19-32)39(45)43-29(2)37(49-41(43)47)33-20-12-6-13-21-33)36(25-24-31-16-8-4-9-17-31)40(46)44-30(3)38(50-42(44)48)34-22-14-7-15-23-34/h4-23,29-30,35-38H,1,24-27H2,2-3H3/t29?,30-,35-,36-,37?,38-/m1/s1. The van der Waals surface area contributed by atoms with Gasteiger partial charge in [-0.25, -0.2) is 19.4 Å². The summed E-state index contributed by atoms with van der Waals surface area (Å²) in [7, 11) is 0. The fourth-order valence-corrected chi connectivity index (χ4v) is 7.12. The molecule has 0 N–H and O–H groups in total. The van der Waals surface area contributed by atoms with Crippen LogP contribution in [0.3, 0.4) is 0 Å². The molecule has 8 heteroatoms. The van der Waals surface area contributed by atoms with Crippen LogP contribution in [0.25, 0.3) is 0 Å². The van der Waals surface area contributed by atoms with Crippen molar-refractivity contribution < 1.29 is 28.7 Å². The summed E-state index contributed by atoms with van der Waals surface area (Å²) in [4.78, 5) is 57.9. The fraction of sp³-hybridized carbons (Fsp3) is 0.286. The molecule has 2 saturated heterocycles. The number of imide groups is 2. The van der Waals surface area contributed by atoms with Gasteiger partial charge in [0.1, 0.15) is 12.2 Å². The number of hydrogen-bond donors (Lipinski definition) is 0. The van der Waals surface area contributed by atoms with Gasteiger partial charge in [0.05, 0.1) is 18.0 Å². The maximum absolute atomic E-state index is 14.5. The average molecular weight is 671 g/mol. The van der Waals surface area contributed by atoms with Crippen LogP contribution in [0.4, 0.5) is 9.59 Å². The second kappa shape index (κ2) is 15.4. The molecule has 6 rings (SSSR count). The van der Waals surface area contributed by atoms with Crippen molar-refractivity contribution in [2.24, 2.45) is 11.8 Å². The molecule has 2 unspecified atom stereocenters. The molecule has 0 spiro atoms. The third kappa shape index (κ3) is 7.39. The first-order valence-electron chi connectivity index (χ1n) is 17.2. The molecular formula is C42H42N2O6. The Morgan fingerprint density at radius 1 is 0.640 bits per heavy atom. The van der Waals surface area contributed by atoms with E-state index in [1.165, 1.54) is 9.80 Å². The molecule has 8 nitrogen and oxygen atoms in total. The number of carbonyl (C=O) groups is 4. The summed E-state index contributed by atoms with van der Waals surface area (Å²) in [5.41, 5.74) is 4.07. The molecular weight excluding hydrogens is 628 g/mol. The molecule has 2 fully saturated rings. The molecule has 0 bridgehead atoms. The molecule has 2 heterocycles. The normalized spacial score (nSPS) is 21.3. The number of carbonyl (C=O) groups excluding carboxylic acids is 4. The molecule has 50 heavy (non-hydrogen) atoms. The highest BCUT2D eigenvalue weighted by atomic mass is 16.6. The average Bonchev–Trinajstić information content (AvgIpc) is 3.61. The third-order valence-corrected chi connectivity index (χ3v) is 9.81. The Bertz CT molecular complexity index is 1810. The first-order valence-corrected chi connectivity index (χ1v) is 17.2. The SMILES string of the molecule is C=C(C[C@H](Cc1ccccc1)C(=O)N1C(=O)OC(c2ccccc2)C1C)[C@@H](CCc1ccccc1)C(=O)N1C(=O)O[C@@H](c2ccccc2)[C@H]1C. The van der Waals surface area contributed by atoms with Gasteiger partial charge >= 0.3 is 12.2 Å². The van der Waals surface area contributed by atoms with Gasteiger partial charge in [-0.1, -0.05) is 133 Å². The minimum atomic E-state index is -0.786. The number of aryl methyl sites for hydroxylation is 1. The molecule has 2 aliphatic heterocycles. The zero-order valence-corrected chi connectivity index (χ0v) is 28.4. The summed E-state index contributed by atoms with van der Waals surface area (Å²) in [5.74, 6) is -2.31. The van der Waals surface area contributed by atoms with Crippen LogP contribution >= 0.6 is 0 Å². The van der Waals surface area contributed by atoms with Crippen LogP contribution in [0, 0.1) is 11.8 Å². The van der Waals surface area contributed by atoms with Crippen molar-refractivity contribution in [3.05, 3.63) is 156 Å².